The third kappa shape index (κ3) is 8.21. The molecule has 0 spiro atoms. The van der Waals surface area contributed by atoms with Crippen LogP contribution in [0.25, 0.3) is 123 Å². The van der Waals surface area contributed by atoms with Gasteiger partial charge in [-0.15, -0.1) is 0 Å². The van der Waals surface area contributed by atoms with Gasteiger partial charge in [-0.3, -0.25) is 0 Å². The number of benzene rings is 9. The SMILES string of the molecule is c1ccc(-c2cc(-c3cc(-c4cc(-c5ccc6ccccc6c5)nc(-c5ccc6ccccc6c5)c4)cc(-c4cc(-c5ccccc5)nc(-c5ccccc5)n4)c3)nc(-c3ccccc3)n2)cc1. The fourth-order valence-electron chi connectivity index (χ4n) is 8.92. The van der Waals surface area contributed by atoms with Gasteiger partial charge in [0, 0.05) is 44.5 Å². The highest BCUT2D eigenvalue weighted by Gasteiger charge is 2.18. The number of hydrogen-bond donors (Lipinski definition) is 0. The maximum Gasteiger partial charge on any atom is 0.160 e. The summed E-state index contributed by atoms with van der Waals surface area (Å²) in [7, 11) is 0. The molecule has 0 N–H and O–H groups in total. The number of fused-ring (bicyclic) bond motifs is 2. The third-order valence-electron chi connectivity index (χ3n) is 12.4. The van der Waals surface area contributed by atoms with Crippen molar-refractivity contribution in [3.8, 4) is 101 Å². The monoisotopic (exact) mass is 867 g/mol. The van der Waals surface area contributed by atoms with Crippen LogP contribution in [0.4, 0.5) is 0 Å². The maximum absolute atomic E-state index is 5.41. The van der Waals surface area contributed by atoms with Gasteiger partial charge in [0.15, 0.2) is 11.6 Å². The first-order valence-electron chi connectivity index (χ1n) is 22.8. The Hall–Kier alpha value is -9.19. The van der Waals surface area contributed by atoms with E-state index in [-0.39, 0.29) is 0 Å². The average molecular weight is 868 g/mol. The van der Waals surface area contributed by atoms with Gasteiger partial charge in [-0.2, -0.15) is 0 Å². The molecule has 0 aliphatic carbocycles. The van der Waals surface area contributed by atoms with Crippen LogP contribution in [0.5, 0.6) is 0 Å². The van der Waals surface area contributed by atoms with Crippen LogP contribution in [-0.2, 0) is 0 Å². The molecule has 0 aliphatic heterocycles. The Bertz CT molecular complexity index is 3420. The maximum atomic E-state index is 5.41. The van der Waals surface area contributed by atoms with E-state index in [9.17, 15) is 0 Å². The van der Waals surface area contributed by atoms with E-state index >= 15 is 0 Å². The third-order valence-corrected chi connectivity index (χ3v) is 12.4. The molecule has 5 heteroatoms. The predicted octanol–water partition coefficient (Wildman–Crippen LogP) is 16.0. The molecule has 0 saturated heterocycles. The first-order valence-corrected chi connectivity index (χ1v) is 22.8. The van der Waals surface area contributed by atoms with Crippen LogP contribution in [0.2, 0.25) is 0 Å². The van der Waals surface area contributed by atoms with Gasteiger partial charge < -0.3 is 0 Å². The highest BCUT2D eigenvalue weighted by Crippen LogP contribution is 2.39. The summed E-state index contributed by atoms with van der Waals surface area (Å²) in [5, 5.41) is 4.69. The fourth-order valence-corrected chi connectivity index (χ4v) is 8.92. The molecule has 3 heterocycles. The fraction of sp³-hybridized carbons (Fsp3) is 0. The average Bonchev–Trinajstić information content (AvgIpc) is 3.43. The van der Waals surface area contributed by atoms with Gasteiger partial charge in [0.1, 0.15) is 0 Å². The standard InChI is InChI=1S/C63H41N5/c1-5-19-44(20-6-1)58-40-60(67-62(65-58)46-23-9-3-10-24-46)54-35-52(36-55(37-54)61-41-59(45-21-7-2-8-22-45)66-63(68-61)47-25-11-4-12-26-47)53-38-56(50-31-29-42-17-13-15-27-48(42)33-50)64-57(39-53)51-32-30-43-18-14-16-28-49(43)34-51/h1-41H. The summed E-state index contributed by atoms with van der Waals surface area (Å²) in [6.07, 6.45) is 0. The number of aromatic nitrogens is 5. The van der Waals surface area contributed by atoms with E-state index in [1.54, 1.807) is 0 Å². The minimum absolute atomic E-state index is 0.648. The molecule has 0 fully saturated rings. The van der Waals surface area contributed by atoms with Crippen LogP contribution < -0.4 is 0 Å². The highest BCUT2D eigenvalue weighted by atomic mass is 14.9. The van der Waals surface area contributed by atoms with Crippen molar-refractivity contribution in [3.05, 3.63) is 249 Å². The minimum atomic E-state index is 0.648. The second-order valence-corrected chi connectivity index (χ2v) is 16.9. The van der Waals surface area contributed by atoms with Crippen LogP contribution in [0.1, 0.15) is 0 Å². The van der Waals surface area contributed by atoms with Gasteiger partial charge in [-0.25, -0.2) is 24.9 Å². The van der Waals surface area contributed by atoms with Gasteiger partial charge in [0.25, 0.3) is 0 Å². The van der Waals surface area contributed by atoms with Gasteiger partial charge in [0.05, 0.1) is 34.2 Å². The summed E-state index contributed by atoms with van der Waals surface area (Å²) < 4.78 is 0. The number of rotatable bonds is 9. The molecule has 12 aromatic rings. The lowest BCUT2D eigenvalue weighted by atomic mass is 9.93. The molecule has 0 atom stereocenters. The molecule has 0 bridgehead atoms. The molecule has 5 nitrogen and oxygen atoms in total. The zero-order valence-electron chi connectivity index (χ0n) is 36.9. The van der Waals surface area contributed by atoms with Crippen molar-refractivity contribution in [2.75, 3.05) is 0 Å². The molecular formula is C63H41N5. The Morgan fingerprint density at radius 1 is 0.162 bits per heavy atom. The summed E-state index contributed by atoms with van der Waals surface area (Å²) in [6.45, 7) is 0. The zero-order chi connectivity index (χ0) is 45.2. The smallest absolute Gasteiger partial charge is 0.160 e. The van der Waals surface area contributed by atoms with Crippen molar-refractivity contribution in [1.29, 1.82) is 0 Å². The van der Waals surface area contributed by atoms with Crippen molar-refractivity contribution in [1.82, 2.24) is 24.9 Å². The normalized spacial score (nSPS) is 11.2. The minimum Gasteiger partial charge on any atom is -0.248 e. The van der Waals surface area contributed by atoms with Crippen LogP contribution in [0.3, 0.4) is 0 Å². The molecule has 3 aromatic heterocycles. The molecule has 0 saturated carbocycles. The molecule has 0 aliphatic rings. The summed E-state index contributed by atoms with van der Waals surface area (Å²) in [5.74, 6) is 1.30. The Balaban J connectivity index is 1.12. The Labute approximate surface area is 394 Å². The van der Waals surface area contributed by atoms with Crippen molar-refractivity contribution in [2.24, 2.45) is 0 Å². The van der Waals surface area contributed by atoms with Crippen molar-refractivity contribution < 1.29 is 0 Å². The van der Waals surface area contributed by atoms with Gasteiger partial charge in [0.2, 0.25) is 0 Å². The molecule has 12 rings (SSSR count). The van der Waals surface area contributed by atoms with Crippen LogP contribution in [0.15, 0.2) is 249 Å². The number of pyridine rings is 1. The molecule has 9 aromatic carbocycles. The first kappa shape index (κ1) is 40.3. The van der Waals surface area contributed by atoms with E-state index in [4.69, 9.17) is 24.9 Å². The zero-order valence-corrected chi connectivity index (χ0v) is 36.9. The molecule has 318 valence electrons. The predicted molar refractivity (Wildman–Crippen MR) is 279 cm³/mol. The summed E-state index contributed by atoms with van der Waals surface area (Å²) in [6, 6.07) is 86.5. The second-order valence-electron chi connectivity index (χ2n) is 16.9. The Morgan fingerprint density at radius 2 is 0.471 bits per heavy atom. The van der Waals surface area contributed by atoms with Gasteiger partial charge >= 0.3 is 0 Å². The summed E-state index contributed by atoms with van der Waals surface area (Å²) in [5.41, 5.74) is 14.8. The van der Waals surface area contributed by atoms with Crippen LogP contribution in [0, 0.1) is 0 Å². The van der Waals surface area contributed by atoms with E-state index in [0.717, 1.165) is 101 Å². The topological polar surface area (TPSA) is 64.5 Å². The second kappa shape index (κ2) is 17.7. The number of hydrogen-bond acceptors (Lipinski definition) is 5. The molecule has 0 unspecified atom stereocenters. The van der Waals surface area contributed by atoms with Crippen molar-refractivity contribution in [3.63, 3.8) is 0 Å². The van der Waals surface area contributed by atoms with Gasteiger partial charge in [-0.05, 0) is 87.3 Å². The quantitative estimate of drug-likeness (QED) is 0.145. The lowest BCUT2D eigenvalue weighted by Crippen LogP contribution is -1.98. The Kier molecular flexibility index (Phi) is 10.5. The van der Waals surface area contributed by atoms with E-state index in [1.165, 1.54) is 10.8 Å². The molecule has 0 radical (unpaired) electrons. The summed E-state index contributed by atoms with van der Waals surface area (Å²) >= 11 is 0. The van der Waals surface area contributed by atoms with E-state index in [0.29, 0.717) is 11.6 Å². The Morgan fingerprint density at radius 3 is 0.882 bits per heavy atom. The van der Waals surface area contributed by atoms with Crippen molar-refractivity contribution >= 4 is 21.5 Å². The van der Waals surface area contributed by atoms with Crippen LogP contribution >= 0.6 is 0 Å². The number of nitrogens with zero attached hydrogens (tertiary/aromatic N) is 5. The first-order chi connectivity index (χ1) is 33.6. The molecule has 68 heavy (non-hydrogen) atoms. The lowest BCUT2D eigenvalue weighted by molar-refractivity contribution is 1.18. The lowest BCUT2D eigenvalue weighted by Gasteiger charge is -2.16. The van der Waals surface area contributed by atoms with Gasteiger partial charge in [-0.1, -0.05) is 194 Å². The van der Waals surface area contributed by atoms with Crippen molar-refractivity contribution in [2.45, 2.75) is 0 Å². The summed E-state index contributed by atoms with van der Waals surface area (Å²) in [4.78, 5) is 26.4. The largest absolute Gasteiger partial charge is 0.248 e. The van der Waals surface area contributed by atoms with E-state index < -0.39 is 0 Å². The molecular weight excluding hydrogens is 827 g/mol. The van der Waals surface area contributed by atoms with E-state index in [1.807, 2.05) is 72.8 Å². The highest BCUT2D eigenvalue weighted by molar-refractivity contribution is 5.91. The van der Waals surface area contributed by atoms with Crippen LogP contribution in [-0.4, -0.2) is 24.9 Å². The molecule has 0 amide bonds. The van der Waals surface area contributed by atoms with E-state index in [2.05, 4.69) is 176 Å².